The predicted molar refractivity (Wildman–Crippen MR) is 83.7 cm³/mol. The van der Waals surface area contributed by atoms with E-state index in [4.69, 9.17) is 0 Å². The summed E-state index contributed by atoms with van der Waals surface area (Å²) in [4.78, 5) is 26.6. The Morgan fingerprint density at radius 3 is 2.41 bits per heavy atom. The fourth-order valence-corrected chi connectivity index (χ4v) is 2.18. The van der Waals surface area contributed by atoms with Crippen LogP contribution in [-0.4, -0.2) is 22.4 Å². The van der Waals surface area contributed by atoms with Crippen LogP contribution in [0.15, 0.2) is 48.7 Å². The Labute approximate surface area is 128 Å². The highest BCUT2D eigenvalue weighted by molar-refractivity contribution is 5.96. The second-order valence-electron chi connectivity index (χ2n) is 4.91. The zero-order valence-corrected chi connectivity index (χ0v) is 12.3. The molecule has 0 unspecified atom stereocenters. The highest BCUT2D eigenvalue weighted by Crippen LogP contribution is 2.28. The predicted octanol–water partition coefficient (Wildman–Crippen LogP) is 3.11. The molecule has 0 bridgehead atoms. The van der Waals surface area contributed by atoms with Crippen molar-refractivity contribution in [1.82, 2.24) is 4.98 Å². The molecule has 22 heavy (non-hydrogen) atoms. The van der Waals surface area contributed by atoms with Gasteiger partial charge in [0.1, 0.15) is 11.9 Å². The van der Waals surface area contributed by atoms with Crippen molar-refractivity contribution < 1.29 is 9.72 Å². The molecule has 0 N–H and O–H groups in total. The topological polar surface area (TPSA) is 76.3 Å². The number of aromatic nitrogens is 1. The number of rotatable bonds is 2. The number of amides is 1. The Hall–Kier alpha value is -2.76. The normalized spacial score (nSPS) is 13.5. The summed E-state index contributed by atoms with van der Waals surface area (Å²) < 4.78 is 0. The SMILES string of the molecule is Cc1ccccc1.O=C1CCCN1c1cccnc1[N+](=O)[O-]. The van der Waals surface area contributed by atoms with Crippen molar-refractivity contribution in [1.29, 1.82) is 0 Å². The quantitative estimate of drug-likeness (QED) is 0.630. The second kappa shape index (κ2) is 7.31. The molecule has 1 aromatic carbocycles. The van der Waals surface area contributed by atoms with E-state index in [1.54, 1.807) is 12.1 Å². The standard InChI is InChI=1S/C9H9N3O3.C7H8/c13-8-4-2-6-11(8)7-3-1-5-10-9(7)12(14)15;1-7-5-3-2-4-6-7/h1,3,5H,2,4,6H2;2-6H,1H3. The van der Waals surface area contributed by atoms with E-state index >= 15 is 0 Å². The van der Waals surface area contributed by atoms with Crippen LogP contribution in [-0.2, 0) is 4.79 Å². The van der Waals surface area contributed by atoms with Gasteiger partial charge in [0.2, 0.25) is 5.91 Å². The number of aryl methyl sites for hydroxylation is 1. The van der Waals surface area contributed by atoms with Crippen LogP contribution in [0.1, 0.15) is 18.4 Å². The molecule has 2 aromatic rings. The number of nitro groups is 1. The van der Waals surface area contributed by atoms with Crippen LogP contribution in [0, 0.1) is 17.0 Å². The number of hydrogen-bond acceptors (Lipinski definition) is 4. The van der Waals surface area contributed by atoms with Crippen LogP contribution >= 0.6 is 0 Å². The molecule has 1 saturated heterocycles. The molecule has 0 atom stereocenters. The van der Waals surface area contributed by atoms with E-state index in [1.165, 1.54) is 16.7 Å². The summed E-state index contributed by atoms with van der Waals surface area (Å²) in [5.74, 6) is -0.334. The molecule has 2 heterocycles. The van der Waals surface area contributed by atoms with E-state index in [-0.39, 0.29) is 11.7 Å². The lowest BCUT2D eigenvalue weighted by molar-refractivity contribution is -0.388. The molecular formula is C16H17N3O3. The minimum absolute atomic E-state index is 0.0777. The Morgan fingerprint density at radius 2 is 1.91 bits per heavy atom. The Bertz CT molecular complexity index is 659. The first-order chi connectivity index (χ1) is 10.6. The summed E-state index contributed by atoms with van der Waals surface area (Å²) in [6, 6.07) is 13.4. The molecule has 0 aliphatic carbocycles. The lowest BCUT2D eigenvalue weighted by Crippen LogP contribution is -2.24. The van der Waals surface area contributed by atoms with Crippen LogP contribution in [0.4, 0.5) is 11.5 Å². The molecule has 0 spiro atoms. The third kappa shape index (κ3) is 3.88. The largest absolute Gasteiger partial charge is 0.387 e. The van der Waals surface area contributed by atoms with Gasteiger partial charge in [0, 0.05) is 13.0 Å². The van der Waals surface area contributed by atoms with Crippen molar-refractivity contribution >= 4 is 17.4 Å². The lowest BCUT2D eigenvalue weighted by Gasteiger charge is -2.14. The van der Waals surface area contributed by atoms with E-state index in [9.17, 15) is 14.9 Å². The molecule has 1 amide bonds. The maximum atomic E-state index is 11.4. The first-order valence-electron chi connectivity index (χ1n) is 7.01. The minimum atomic E-state index is -0.569. The van der Waals surface area contributed by atoms with E-state index in [0.717, 1.165) is 6.42 Å². The van der Waals surface area contributed by atoms with Gasteiger partial charge in [-0.25, -0.2) is 0 Å². The highest BCUT2D eigenvalue weighted by atomic mass is 16.6. The van der Waals surface area contributed by atoms with Crippen molar-refractivity contribution in [3.05, 3.63) is 64.3 Å². The van der Waals surface area contributed by atoms with Gasteiger partial charge in [0.05, 0.1) is 0 Å². The molecule has 3 rings (SSSR count). The molecular weight excluding hydrogens is 282 g/mol. The van der Waals surface area contributed by atoms with E-state index in [1.807, 2.05) is 18.2 Å². The summed E-state index contributed by atoms with van der Waals surface area (Å²) >= 11 is 0. The number of hydrogen-bond donors (Lipinski definition) is 0. The third-order valence-electron chi connectivity index (χ3n) is 3.24. The van der Waals surface area contributed by atoms with Gasteiger partial charge in [0.15, 0.2) is 0 Å². The van der Waals surface area contributed by atoms with Gasteiger partial charge in [-0.05, 0) is 35.4 Å². The van der Waals surface area contributed by atoms with Crippen molar-refractivity contribution in [2.45, 2.75) is 19.8 Å². The summed E-state index contributed by atoms with van der Waals surface area (Å²) in [7, 11) is 0. The maximum Gasteiger partial charge on any atom is 0.387 e. The maximum absolute atomic E-state index is 11.4. The van der Waals surface area contributed by atoms with E-state index in [2.05, 4.69) is 24.0 Å². The van der Waals surface area contributed by atoms with Gasteiger partial charge in [0.25, 0.3) is 0 Å². The Morgan fingerprint density at radius 1 is 1.18 bits per heavy atom. The van der Waals surface area contributed by atoms with Crippen LogP contribution in [0.2, 0.25) is 0 Å². The zero-order valence-electron chi connectivity index (χ0n) is 12.3. The third-order valence-corrected chi connectivity index (χ3v) is 3.24. The van der Waals surface area contributed by atoms with Gasteiger partial charge >= 0.3 is 5.82 Å². The fourth-order valence-electron chi connectivity index (χ4n) is 2.18. The average Bonchev–Trinajstić information content (AvgIpc) is 2.94. The van der Waals surface area contributed by atoms with Crippen molar-refractivity contribution in [2.24, 2.45) is 0 Å². The molecule has 0 radical (unpaired) electrons. The number of nitrogens with zero attached hydrogens (tertiary/aromatic N) is 3. The molecule has 1 aromatic heterocycles. The molecule has 1 aliphatic heterocycles. The Kier molecular flexibility index (Phi) is 5.19. The number of benzene rings is 1. The smallest absolute Gasteiger partial charge is 0.358 e. The zero-order chi connectivity index (χ0) is 15.9. The van der Waals surface area contributed by atoms with Crippen LogP contribution in [0.25, 0.3) is 0 Å². The lowest BCUT2D eigenvalue weighted by atomic mass is 10.2. The first kappa shape index (κ1) is 15.6. The van der Waals surface area contributed by atoms with Gasteiger partial charge in [-0.15, -0.1) is 0 Å². The molecule has 6 nitrogen and oxygen atoms in total. The monoisotopic (exact) mass is 299 g/mol. The first-order valence-corrected chi connectivity index (χ1v) is 7.01. The summed E-state index contributed by atoms with van der Waals surface area (Å²) in [6.45, 7) is 2.62. The van der Waals surface area contributed by atoms with Gasteiger partial charge in [-0.3, -0.25) is 4.79 Å². The van der Waals surface area contributed by atoms with Crippen LogP contribution < -0.4 is 4.90 Å². The van der Waals surface area contributed by atoms with Crippen LogP contribution in [0.5, 0.6) is 0 Å². The number of anilines is 1. The van der Waals surface area contributed by atoms with Gasteiger partial charge in [-0.2, -0.15) is 0 Å². The molecule has 114 valence electrons. The number of pyridine rings is 1. The van der Waals surface area contributed by atoms with E-state index < -0.39 is 4.92 Å². The van der Waals surface area contributed by atoms with Crippen molar-refractivity contribution in [2.75, 3.05) is 11.4 Å². The van der Waals surface area contributed by atoms with E-state index in [0.29, 0.717) is 18.7 Å². The molecule has 0 saturated carbocycles. The molecule has 6 heteroatoms. The fraction of sp³-hybridized carbons (Fsp3) is 0.250. The summed E-state index contributed by atoms with van der Waals surface area (Å²) in [6.07, 6.45) is 2.54. The van der Waals surface area contributed by atoms with Crippen LogP contribution in [0.3, 0.4) is 0 Å². The summed E-state index contributed by atoms with van der Waals surface area (Å²) in [5, 5.41) is 10.7. The Balaban J connectivity index is 0.000000211. The second-order valence-corrected chi connectivity index (χ2v) is 4.91. The summed E-state index contributed by atoms with van der Waals surface area (Å²) in [5.41, 5.74) is 1.62. The molecule has 1 fully saturated rings. The van der Waals surface area contributed by atoms with Crippen molar-refractivity contribution in [3.8, 4) is 0 Å². The highest BCUT2D eigenvalue weighted by Gasteiger charge is 2.28. The van der Waals surface area contributed by atoms with Gasteiger partial charge < -0.3 is 15.0 Å². The number of carbonyl (C=O) groups excluding carboxylic acids is 1. The molecule has 1 aliphatic rings. The van der Waals surface area contributed by atoms with Crippen molar-refractivity contribution in [3.63, 3.8) is 0 Å². The number of carbonyl (C=O) groups is 1. The minimum Gasteiger partial charge on any atom is -0.358 e. The van der Waals surface area contributed by atoms with Gasteiger partial charge in [-0.1, -0.05) is 35.9 Å². The average molecular weight is 299 g/mol.